The van der Waals surface area contributed by atoms with Crippen LogP contribution in [0.5, 0.6) is 0 Å². The number of nitrogens with zero attached hydrogens (tertiary/aromatic N) is 1. The summed E-state index contributed by atoms with van der Waals surface area (Å²) in [4.78, 5) is 2.39. The number of rotatable bonds is 0. The first-order valence-electron chi connectivity index (χ1n) is 5.00. The molecule has 0 N–H and O–H groups in total. The highest BCUT2D eigenvalue weighted by atomic mass is 16.5. The lowest BCUT2D eigenvalue weighted by molar-refractivity contribution is -0.232. The summed E-state index contributed by atoms with van der Waals surface area (Å²) in [7, 11) is 2.17. The zero-order chi connectivity index (χ0) is 10.5. The molecule has 0 aromatic rings. The average molecular weight is 185 g/mol. The summed E-state index contributed by atoms with van der Waals surface area (Å²) < 4.78 is 6.11. The number of likely N-dealkylation sites (N-methyl/N-ethyl adjacent to an activating group) is 1. The minimum atomic E-state index is -0.0937. The van der Waals surface area contributed by atoms with Gasteiger partial charge in [-0.1, -0.05) is 0 Å². The van der Waals surface area contributed by atoms with Crippen LogP contribution in [0.15, 0.2) is 0 Å². The van der Waals surface area contributed by atoms with Crippen LogP contribution in [0, 0.1) is 0 Å². The first-order chi connectivity index (χ1) is 5.58. The lowest BCUT2D eigenvalue weighted by atomic mass is 9.80. The third-order valence-electron chi connectivity index (χ3n) is 3.58. The van der Waals surface area contributed by atoms with Gasteiger partial charge in [-0.05, 0) is 48.6 Å². The molecule has 0 radical (unpaired) electrons. The molecule has 2 nitrogen and oxygen atoms in total. The Morgan fingerprint density at radius 3 is 1.85 bits per heavy atom. The van der Waals surface area contributed by atoms with Crippen molar-refractivity contribution >= 4 is 0 Å². The van der Waals surface area contributed by atoms with Gasteiger partial charge in [0.15, 0.2) is 0 Å². The van der Waals surface area contributed by atoms with Gasteiger partial charge in [-0.3, -0.25) is 4.90 Å². The predicted octanol–water partition coefficient (Wildman–Crippen LogP) is 2.28. The summed E-state index contributed by atoms with van der Waals surface area (Å²) in [5, 5.41) is 0. The smallest absolute Gasteiger partial charge is 0.0811 e. The van der Waals surface area contributed by atoms with Gasteiger partial charge in [-0.25, -0.2) is 0 Å². The number of ether oxygens (including phenoxy) is 1. The van der Waals surface area contributed by atoms with E-state index in [1.807, 2.05) is 0 Å². The third kappa shape index (κ3) is 1.75. The van der Waals surface area contributed by atoms with E-state index in [0.29, 0.717) is 0 Å². The van der Waals surface area contributed by atoms with Gasteiger partial charge in [0, 0.05) is 12.1 Å². The second-order valence-electron chi connectivity index (χ2n) is 5.79. The minimum Gasteiger partial charge on any atom is -0.366 e. The van der Waals surface area contributed by atoms with Gasteiger partial charge in [0.2, 0.25) is 0 Å². The molecule has 1 saturated heterocycles. The van der Waals surface area contributed by atoms with Crippen LogP contribution in [-0.4, -0.2) is 35.2 Å². The van der Waals surface area contributed by atoms with Gasteiger partial charge in [0.05, 0.1) is 11.2 Å². The van der Waals surface area contributed by atoms with E-state index < -0.39 is 0 Å². The van der Waals surface area contributed by atoms with Crippen LogP contribution in [0.25, 0.3) is 0 Å². The first kappa shape index (κ1) is 11.0. The highest BCUT2D eigenvalue weighted by Gasteiger charge is 2.49. The number of hydrogen-bond donors (Lipinski definition) is 0. The maximum absolute atomic E-state index is 6.11. The molecule has 0 aromatic carbocycles. The Morgan fingerprint density at radius 1 is 1.00 bits per heavy atom. The Morgan fingerprint density at radius 2 is 1.46 bits per heavy atom. The summed E-state index contributed by atoms with van der Waals surface area (Å²) in [6, 6.07) is 0. The standard InChI is InChI=1S/C11H23NO/c1-9(2)8-12(7)10(3,4)11(5,6)13-9/h8H2,1-7H3. The van der Waals surface area contributed by atoms with Gasteiger partial charge in [-0.2, -0.15) is 0 Å². The molecule has 2 heteroatoms. The van der Waals surface area contributed by atoms with Crippen LogP contribution < -0.4 is 0 Å². The molecule has 1 rings (SSSR count). The Hall–Kier alpha value is -0.0800. The van der Waals surface area contributed by atoms with E-state index in [4.69, 9.17) is 4.74 Å². The average Bonchev–Trinajstić information content (AvgIpc) is 1.80. The SMILES string of the molecule is CN1CC(C)(C)OC(C)(C)C1(C)C. The van der Waals surface area contributed by atoms with Gasteiger partial charge >= 0.3 is 0 Å². The Kier molecular flexibility index (Phi) is 2.29. The summed E-state index contributed by atoms with van der Waals surface area (Å²) in [6.45, 7) is 14.1. The molecule has 1 fully saturated rings. The molecular weight excluding hydrogens is 162 g/mol. The second kappa shape index (κ2) is 2.71. The summed E-state index contributed by atoms with van der Waals surface area (Å²) >= 11 is 0. The van der Waals surface area contributed by atoms with Crippen molar-refractivity contribution in [1.82, 2.24) is 4.90 Å². The van der Waals surface area contributed by atoms with Crippen LogP contribution >= 0.6 is 0 Å². The Bertz CT molecular complexity index is 206. The Labute approximate surface area is 82.3 Å². The summed E-state index contributed by atoms with van der Waals surface area (Å²) in [5.74, 6) is 0. The van der Waals surface area contributed by atoms with Crippen molar-refractivity contribution < 1.29 is 4.74 Å². The highest BCUT2D eigenvalue weighted by Crippen LogP contribution is 2.39. The van der Waals surface area contributed by atoms with Crippen LogP contribution in [0.4, 0.5) is 0 Å². The van der Waals surface area contributed by atoms with E-state index in [1.165, 1.54) is 0 Å². The van der Waals surface area contributed by atoms with Crippen molar-refractivity contribution in [3.63, 3.8) is 0 Å². The molecule has 0 saturated carbocycles. The summed E-state index contributed by atoms with van der Waals surface area (Å²) in [6.07, 6.45) is 0. The van der Waals surface area contributed by atoms with E-state index in [-0.39, 0.29) is 16.7 Å². The van der Waals surface area contributed by atoms with Gasteiger partial charge < -0.3 is 4.74 Å². The lowest BCUT2D eigenvalue weighted by Crippen LogP contribution is -2.67. The van der Waals surface area contributed by atoms with Crippen LogP contribution in [-0.2, 0) is 4.74 Å². The number of morpholine rings is 1. The minimum absolute atomic E-state index is 0.0340. The van der Waals surface area contributed by atoms with Gasteiger partial charge in [0.1, 0.15) is 0 Å². The van der Waals surface area contributed by atoms with E-state index >= 15 is 0 Å². The topological polar surface area (TPSA) is 12.5 Å². The zero-order valence-electron chi connectivity index (χ0n) is 10.1. The molecule has 13 heavy (non-hydrogen) atoms. The molecule has 1 aliphatic rings. The monoisotopic (exact) mass is 185 g/mol. The Balaban J connectivity index is 2.96. The molecular formula is C11H23NO. The van der Waals surface area contributed by atoms with E-state index in [1.54, 1.807) is 0 Å². The van der Waals surface area contributed by atoms with Crippen molar-refractivity contribution in [2.75, 3.05) is 13.6 Å². The van der Waals surface area contributed by atoms with Crippen molar-refractivity contribution in [1.29, 1.82) is 0 Å². The van der Waals surface area contributed by atoms with E-state index in [0.717, 1.165) is 6.54 Å². The molecule has 0 amide bonds. The van der Waals surface area contributed by atoms with Crippen molar-refractivity contribution in [2.24, 2.45) is 0 Å². The quantitative estimate of drug-likeness (QED) is 0.574. The number of hydrogen-bond acceptors (Lipinski definition) is 2. The third-order valence-corrected chi connectivity index (χ3v) is 3.58. The fourth-order valence-corrected chi connectivity index (χ4v) is 2.08. The molecule has 0 atom stereocenters. The highest BCUT2D eigenvalue weighted by molar-refractivity contribution is 5.02. The van der Waals surface area contributed by atoms with Crippen molar-refractivity contribution in [3.8, 4) is 0 Å². The largest absolute Gasteiger partial charge is 0.366 e. The first-order valence-corrected chi connectivity index (χ1v) is 5.00. The fraction of sp³-hybridized carbons (Fsp3) is 1.00. The van der Waals surface area contributed by atoms with E-state index in [2.05, 4.69) is 53.5 Å². The fourth-order valence-electron chi connectivity index (χ4n) is 2.08. The maximum Gasteiger partial charge on any atom is 0.0811 e. The van der Waals surface area contributed by atoms with E-state index in [9.17, 15) is 0 Å². The molecule has 0 unspecified atom stereocenters. The van der Waals surface area contributed by atoms with Gasteiger partial charge in [0.25, 0.3) is 0 Å². The maximum atomic E-state index is 6.11. The van der Waals surface area contributed by atoms with Crippen LogP contribution in [0.1, 0.15) is 41.5 Å². The van der Waals surface area contributed by atoms with Gasteiger partial charge in [-0.15, -0.1) is 0 Å². The molecule has 1 aliphatic heterocycles. The van der Waals surface area contributed by atoms with Crippen molar-refractivity contribution in [3.05, 3.63) is 0 Å². The molecule has 78 valence electrons. The molecule has 0 spiro atoms. The molecule has 0 aromatic heterocycles. The molecule has 1 heterocycles. The van der Waals surface area contributed by atoms with Crippen LogP contribution in [0.2, 0.25) is 0 Å². The second-order valence-corrected chi connectivity index (χ2v) is 5.79. The van der Waals surface area contributed by atoms with Crippen molar-refractivity contribution in [2.45, 2.75) is 58.3 Å². The molecule has 0 bridgehead atoms. The predicted molar refractivity (Wildman–Crippen MR) is 56.0 cm³/mol. The zero-order valence-corrected chi connectivity index (χ0v) is 10.1. The molecule has 0 aliphatic carbocycles. The van der Waals surface area contributed by atoms with Crippen LogP contribution in [0.3, 0.4) is 0 Å². The summed E-state index contributed by atoms with van der Waals surface area (Å²) in [5.41, 5.74) is -0.0280. The normalized spacial score (nSPS) is 31.6. The lowest BCUT2D eigenvalue weighted by Gasteiger charge is -2.57.